The molecule has 1 nitrogen and oxygen atoms in total. The summed E-state index contributed by atoms with van der Waals surface area (Å²) in [7, 11) is 0. The largest absolute Gasteiger partial charge is 0.387 e. The smallest absolute Gasteiger partial charge is 0.0914 e. The Morgan fingerprint density at radius 1 is 1.31 bits per heavy atom. The van der Waals surface area contributed by atoms with E-state index in [0.29, 0.717) is 0 Å². The Kier molecular flexibility index (Phi) is 3.51. The summed E-state index contributed by atoms with van der Waals surface area (Å²) in [5.74, 6) is 0. The van der Waals surface area contributed by atoms with E-state index in [1.807, 2.05) is 32.9 Å². The molecule has 0 aliphatic rings. The molecule has 0 bridgehead atoms. The van der Waals surface area contributed by atoms with Crippen LogP contribution in [0.4, 0.5) is 0 Å². The van der Waals surface area contributed by atoms with E-state index in [9.17, 15) is 5.11 Å². The van der Waals surface area contributed by atoms with Crippen LogP contribution in [0.25, 0.3) is 0 Å². The third kappa shape index (κ3) is 2.55. The fraction of sp³-hybridized carbons (Fsp3) is 0.455. The zero-order valence-electron chi connectivity index (χ0n) is 8.21. The van der Waals surface area contributed by atoms with Gasteiger partial charge in [0.05, 0.1) is 6.10 Å². The fourth-order valence-corrected chi connectivity index (χ4v) is 1.61. The molecule has 1 N–H and O–H groups in total. The number of benzene rings is 1. The Morgan fingerprint density at radius 2 is 1.92 bits per heavy atom. The summed E-state index contributed by atoms with van der Waals surface area (Å²) < 4.78 is 0. The van der Waals surface area contributed by atoms with Crippen LogP contribution in [0.2, 0.25) is 0 Å². The van der Waals surface area contributed by atoms with Crippen molar-refractivity contribution in [3.05, 3.63) is 34.9 Å². The molecular formula is C11H15BrO. The van der Waals surface area contributed by atoms with Crippen molar-refractivity contribution in [1.29, 1.82) is 0 Å². The summed E-state index contributed by atoms with van der Waals surface area (Å²) in [6, 6.07) is 6.14. The normalized spacial score (nSPS) is 15.5. The van der Waals surface area contributed by atoms with Crippen molar-refractivity contribution in [1.82, 2.24) is 0 Å². The van der Waals surface area contributed by atoms with E-state index >= 15 is 0 Å². The van der Waals surface area contributed by atoms with Crippen molar-refractivity contribution >= 4 is 15.9 Å². The van der Waals surface area contributed by atoms with Gasteiger partial charge in [0.15, 0.2) is 0 Å². The molecule has 0 radical (unpaired) electrons. The van der Waals surface area contributed by atoms with Crippen LogP contribution >= 0.6 is 15.9 Å². The van der Waals surface area contributed by atoms with Crippen LogP contribution in [0.5, 0.6) is 0 Å². The predicted octanol–water partition coefficient (Wildman–Crippen LogP) is 3.12. The Balaban J connectivity index is 3.05. The third-order valence-electron chi connectivity index (χ3n) is 2.19. The van der Waals surface area contributed by atoms with Gasteiger partial charge >= 0.3 is 0 Å². The topological polar surface area (TPSA) is 20.2 Å². The molecule has 13 heavy (non-hydrogen) atoms. The monoisotopic (exact) mass is 242 g/mol. The number of hydrogen-bond acceptors (Lipinski definition) is 1. The summed E-state index contributed by atoms with van der Waals surface area (Å²) in [5, 5.41) is 9.86. The molecular weight excluding hydrogens is 228 g/mol. The van der Waals surface area contributed by atoms with Gasteiger partial charge in [-0.25, -0.2) is 0 Å². The number of rotatable bonds is 2. The second-order valence-corrected chi connectivity index (χ2v) is 4.93. The van der Waals surface area contributed by atoms with E-state index < -0.39 is 6.10 Å². The minimum atomic E-state index is -0.417. The second kappa shape index (κ2) is 4.25. The molecule has 0 spiro atoms. The van der Waals surface area contributed by atoms with Crippen molar-refractivity contribution in [2.24, 2.45) is 0 Å². The van der Waals surface area contributed by atoms with Crippen LogP contribution in [-0.2, 0) is 0 Å². The molecule has 0 aliphatic carbocycles. The van der Waals surface area contributed by atoms with Crippen molar-refractivity contribution < 1.29 is 5.11 Å². The lowest BCUT2D eigenvalue weighted by Crippen LogP contribution is -2.09. The maximum atomic E-state index is 9.86. The number of alkyl halides is 1. The molecule has 2 unspecified atom stereocenters. The molecule has 2 heteroatoms. The summed E-state index contributed by atoms with van der Waals surface area (Å²) in [5.41, 5.74) is 3.35. The quantitative estimate of drug-likeness (QED) is 0.791. The summed E-state index contributed by atoms with van der Waals surface area (Å²) in [6.45, 7) is 6.01. The first-order valence-corrected chi connectivity index (χ1v) is 5.33. The number of halogens is 1. The summed E-state index contributed by atoms with van der Waals surface area (Å²) >= 11 is 3.39. The first-order chi connectivity index (χ1) is 6.02. The summed E-state index contributed by atoms with van der Waals surface area (Å²) in [4.78, 5) is 0.0907. The lowest BCUT2D eigenvalue weighted by molar-refractivity contribution is 0.180. The number of aliphatic hydroxyl groups excluding tert-OH is 1. The van der Waals surface area contributed by atoms with Crippen LogP contribution < -0.4 is 0 Å². The van der Waals surface area contributed by atoms with Crippen molar-refractivity contribution in [2.75, 3.05) is 0 Å². The van der Waals surface area contributed by atoms with Gasteiger partial charge in [-0.3, -0.25) is 0 Å². The van der Waals surface area contributed by atoms with Gasteiger partial charge in [-0.1, -0.05) is 39.7 Å². The van der Waals surface area contributed by atoms with Crippen LogP contribution in [0, 0.1) is 13.8 Å². The molecule has 0 saturated heterocycles. The molecule has 0 amide bonds. The highest BCUT2D eigenvalue weighted by Crippen LogP contribution is 2.25. The molecule has 0 saturated carbocycles. The van der Waals surface area contributed by atoms with Crippen LogP contribution in [0.1, 0.15) is 29.7 Å². The number of aryl methyl sites for hydroxylation is 2. The average molecular weight is 243 g/mol. The number of aliphatic hydroxyl groups is 1. The van der Waals surface area contributed by atoms with Gasteiger partial charge in [0.25, 0.3) is 0 Å². The van der Waals surface area contributed by atoms with Crippen LogP contribution in [0.3, 0.4) is 0 Å². The van der Waals surface area contributed by atoms with E-state index in [2.05, 4.69) is 22.0 Å². The van der Waals surface area contributed by atoms with Gasteiger partial charge in [0.1, 0.15) is 0 Å². The molecule has 72 valence electrons. The maximum absolute atomic E-state index is 9.86. The molecule has 0 aromatic heterocycles. The SMILES string of the molecule is Cc1ccc(C)c(C(O)C(C)Br)c1. The lowest BCUT2D eigenvalue weighted by atomic mass is 9.99. The van der Waals surface area contributed by atoms with E-state index in [0.717, 1.165) is 11.1 Å². The average Bonchev–Trinajstić information content (AvgIpc) is 2.08. The minimum absolute atomic E-state index is 0.0907. The Morgan fingerprint density at radius 3 is 2.46 bits per heavy atom. The second-order valence-electron chi connectivity index (χ2n) is 3.48. The standard InChI is InChI=1S/C11H15BrO/c1-7-4-5-8(2)10(6-7)11(13)9(3)12/h4-6,9,11,13H,1-3H3. The first kappa shape index (κ1) is 10.7. The molecule has 1 aromatic rings. The first-order valence-electron chi connectivity index (χ1n) is 4.41. The highest BCUT2D eigenvalue weighted by atomic mass is 79.9. The third-order valence-corrected chi connectivity index (χ3v) is 2.69. The van der Waals surface area contributed by atoms with Gasteiger partial charge in [-0.2, -0.15) is 0 Å². The lowest BCUT2D eigenvalue weighted by Gasteiger charge is -2.16. The summed E-state index contributed by atoms with van der Waals surface area (Å²) in [6.07, 6.45) is -0.417. The molecule has 0 heterocycles. The van der Waals surface area contributed by atoms with Gasteiger partial charge < -0.3 is 5.11 Å². The van der Waals surface area contributed by atoms with E-state index in [1.54, 1.807) is 0 Å². The minimum Gasteiger partial charge on any atom is -0.387 e. The highest BCUT2D eigenvalue weighted by molar-refractivity contribution is 9.09. The zero-order valence-corrected chi connectivity index (χ0v) is 9.80. The predicted molar refractivity (Wildman–Crippen MR) is 59.3 cm³/mol. The molecule has 0 fully saturated rings. The van der Waals surface area contributed by atoms with Gasteiger partial charge in [-0.15, -0.1) is 0 Å². The van der Waals surface area contributed by atoms with Gasteiger partial charge in [-0.05, 0) is 31.9 Å². The molecule has 1 aromatic carbocycles. The van der Waals surface area contributed by atoms with E-state index in [1.165, 1.54) is 5.56 Å². The Hall–Kier alpha value is -0.340. The van der Waals surface area contributed by atoms with Crippen LogP contribution in [0.15, 0.2) is 18.2 Å². The van der Waals surface area contributed by atoms with Crippen molar-refractivity contribution in [3.8, 4) is 0 Å². The van der Waals surface area contributed by atoms with Crippen LogP contribution in [-0.4, -0.2) is 9.93 Å². The molecule has 2 atom stereocenters. The molecule has 1 rings (SSSR count). The molecule has 0 aliphatic heterocycles. The maximum Gasteiger partial charge on any atom is 0.0914 e. The van der Waals surface area contributed by atoms with Crippen molar-refractivity contribution in [2.45, 2.75) is 31.7 Å². The van der Waals surface area contributed by atoms with Gasteiger partial charge in [0, 0.05) is 4.83 Å². The Bertz CT molecular complexity index is 294. The van der Waals surface area contributed by atoms with Gasteiger partial charge in [0.2, 0.25) is 0 Å². The fourth-order valence-electron chi connectivity index (χ4n) is 1.33. The van der Waals surface area contributed by atoms with E-state index in [-0.39, 0.29) is 4.83 Å². The highest BCUT2D eigenvalue weighted by Gasteiger charge is 2.15. The number of hydrogen-bond donors (Lipinski definition) is 1. The Labute approximate surface area is 87.9 Å². The van der Waals surface area contributed by atoms with E-state index in [4.69, 9.17) is 0 Å². The van der Waals surface area contributed by atoms with Crippen molar-refractivity contribution in [3.63, 3.8) is 0 Å². The zero-order chi connectivity index (χ0) is 10.0.